The van der Waals surface area contributed by atoms with Crippen molar-refractivity contribution in [2.45, 2.75) is 19.6 Å². The van der Waals surface area contributed by atoms with E-state index in [1.54, 1.807) is 35.1 Å². The molecule has 1 fully saturated rings. The van der Waals surface area contributed by atoms with E-state index >= 15 is 0 Å². The highest BCUT2D eigenvalue weighted by Crippen LogP contribution is 2.29. The summed E-state index contributed by atoms with van der Waals surface area (Å²) in [5.41, 5.74) is 2.44. The number of carbonyl (C=O) groups excluding carboxylic acids is 1. The predicted molar refractivity (Wildman–Crippen MR) is 95.3 cm³/mol. The van der Waals surface area contributed by atoms with Crippen molar-refractivity contribution in [3.8, 4) is 16.9 Å². The molecule has 0 radical (unpaired) electrons. The third kappa shape index (κ3) is 3.39. The van der Waals surface area contributed by atoms with Crippen LogP contribution in [0.15, 0.2) is 36.7 Å². The van der Waals surface area contributed by atoms with Gasteiger partial charge in [0, 0.05) is 25.4 Å². The van der Waals surface area contributed by atoms with Crippen LogP contribution < -0.4 is 4.74 Å². The Morgan fingerprint density at radius 1 is 1.25 bits per heavy atom. The van der Waals surface area contributed by atoms with Gasteiger partial charge in [-0.2, -0.15) is 13.9 Å². The van der Waals surface area contributed by atoms with E-state index in [-0.39, 0.29) is 11.8 Å². The first-order chi connectivity index (χ1) is 13.4. The van der Waals surface area contributed by atoms with Gasteiger partial charge in [0.1, 0.15) is 5.52 Å². The highest BCUT2D eigenvalue weighted by Gasteiger charge is 2.29. The van der Waals surface area contributed by atoms with Crippen LogP contribution in [0.1, 0.15) is 6.42 Å². The Balaban J connectivity index is 1.67. The number of fused-ring (bicyclic) bond motifs is 1. The molecule has 9 heteroatoms. The summed E-state index contributed by atoms with van der Waals surface area (Å²) in [7, 11) is 1.77. The number of benzene rings is 1. The first-order valence-corrected chi connectivity index (χ1v) is 8.73. The summed E-state index contributed by atoms with van der Waals surface area (Å²) in [6.07, 6.45) is 3.93. The number of alkyl halides is 2. The summed E-state index contributed by atoms with van der Waals surface area (Å²) in [4.78, 5) is 18.2. The van der Waals surface area contributed by atoms with Crippen molar-refractivity contribution in [1.29, 1.82) is 0 Å². The largest absolute Gasteiger partial charge is 0.432 e. The lowest BCUT2D eigenvalue weighted by Crippen LogP contribution is -2.25. The zero-order chi connectivity index (χ0) is 19.8. The Bertz CT molecular complexity index is 1040. The second kappa shape index (κ2) is 7.14. The number of hydrogen-bond donors (Lipinski definition) is 0. The molecule has 1 aromatic carbocycles. The Kier molecular flexibility index (Phi) is 4.66. The van der Waals surface area contributed by atoms with E-state index in [9.17, 15) is 18.0 Å². The Morgan fingerprint density at radius 2 is 2.07 bits per heavy atom. The number of amides is 1. The quantitative estimate of drug-likeness (QED) is 0.671. The molecule has 0 aliphatic carbocycles. The number of pyridine rings is 1. The third-order valence-corrected chi connectivity index (χ3v) is 4.91. The van der Waals surface area contributed by atoms with E-state index in [4.69, 9.17) is 0 Å². The highest BCUT2D eigenvalue weighted by atomic mass is 19.3. The van der Waals surface area contributed by atoms with Crippen LogP contribution in [0.25, 0.3) is 22.2 Å². The molecular weight excluding hydrogens is 373 g/mol. The van der Waals surface area contributed by atoms with Crippen LogP contribution in [0.2, 0.25) is 0 Å². The number of hydrogen-bond acceptors (Lipinski definition) is 4. The van der Waals surface area contributed by atoms with Crippen molar-refractivity contribution in [2.75, 3.05) is 13.6 Å². The summed E-state index contributed by atoms with van der Waals surface area (Å²) in [6.45, 7) is -1.97. The van der Waals surface area contributed by atoms with Crippen LogP contribution in [0.4, 0.5) is 13.2 Å². The first kappa shape index (κ1) is 18.3. The molecule has 0 N–H and O–H groups in total. The lowest BCUT2D eigenvalue weighted by atomic mass is 10.1. The number of halogens is 3. The molecule has 0 bridgehead atoms. The van der Waals surface area contributed by atoms with Gasteiger partial charge in [0.15, 0.2) is 11.6 Å². The molecule has 146 valence electrons. The van der Waals surface area contributed by atoms with Crippen molar-refractivity contribution in [1.82, 2.24) is 19.7 Å². The molecule has 28 heavy (non-hydrogen) atoms. The molecule has 2 aromatic heterocycles. The van der Waals surface area contributed by atoms with E-state index in [1.807, 2.05) is 0 Å². The van der Waals surface area contributed by atoms with Gasteiger partial charge in [0.05, 0.1) is 24.2 Å². The zero-order valence-electron chi connectivity index (χ0n) is 15.0. The van der Waals surface area contributed by atoms with Gasteiger partial charge in [-0.1, -0.05) is 6.07 Å². The molecule has 1 aliphatic heterocycles. The van der Waals surface area contributed by atoms with Crippen LogP contribution in [0.5, 0.6) is 5.75 Å². The lowest BCUT2D eigenvalue weighted by molar-refractivity contribution is -0.130. The monoisotopic (exact) mass is 390 g/mol. The Hall–Kier alpha value is -3.10. The van der Waals surface area contributed by atoms with Gasteiger partial charge in [-0.05, 0) is 30.2 Å². The standard InChI is InChI=1S/C19H17F3N4O2/c1-25-5-4-12(18(25)27)10-26-16-6-13(8-23-15(16)9-24-26)11-2-3-14(20)17(7-11)28-19(21)22/h2-3,6-9,12,19H,4-5,10H2,1H3. The number of rotatable bonds is 5. The summed E-state index contributed by atoms with van der Waals surface area (Å²) in [5.74, 6) is -1.46. The summed E-state index contributed by atoms with van der Waals surface area (Å²) in [6, 6.07) is 5.53. The van der Waals surface area contributed by atoms with Crippen LogP contribution in [-0.2, 0) is 11.3 Å². The van der Waals surface area contributed by atoms with Crippen LogP contribution in [0.3, 0.4) is 0 Å². The lowest BCUT2D eigenvalue weighted by Gasteiger charge is -2.11. The number of likely N-dealkylation sites (tertiary alicyclic amines) is 1. The van der Waals surface area contributed by atoms with E-state index in [1.165, 1.54) is 12.1 Å². The molecule has 1 aliphatic rings. The zero-order valence-corrected chi connectivity index (χ0v) is 15.0. The molecule has 6 nitrogen and oxygen atoms in total. The van der Waals surface area contributed by atoms with Crippen LogP contribution in [-0.4, -0.2) is 45.8 Å². The Labute approximate surface area is 158 Å². The summed E-state index contributed by atoms with van der Waals surface area (Å²) < 4.78 is 44.6. The molecular formula is C19H17F3N4O2. The van der Waals surface area contributed by atoms with Gasteiger partial charge in [-0.15, -0.1) is 0 Å². The average Bonchev–Trinajstić information content (AvgIpc) is 3.21. The van der Waals surface area contributed by atoms with Gasteiger partial charge in [0.2, 0.25) is 5.91 Å². The number of ether oxygens (including phenoxy) is 1. The van der Waals surface area contributed by atoms with Crippen molar-refractivity contribution in [2.24, 2.45) is 5.92 Å². The molecule has 3 aromatic rings. The third-order valence-electron chi connectivity index (χ3n) is 4.91. The van der Waals surface area contributed by atoms with E-state index < -0.39 is 18.2 Å². The van der Waals surface area contributed by atoms with Crippen molar-refractivity contribution >= 4 is 16.9 Å². The molecule has 0 spiro atoms. The first-order valence-electron chi connectivity index (χ1n) is 8.73. The van der Waals surface area contributed by atoms with Crippen molar-refractivity contribution in [3.63, 3.8) is 0 Å². The highest BCUT2D eigenvalue weighted by molar-refractivity contribution is 5.82. The molecule has 1 atom stereocenters. The minimum atomic E-state index is -3.12. The molecule has 4 rings (SSSR count). The minimum absolute atomic E-state index is 0.0834. The number of nitrogens with zero attached hydrogens (tertiary/aromatic N) is 4. The number of aromatic nitrogens is 3. The van der Waals surface area contributed by atoms with Gasteiger partial charge >= 0.3 is 6.61 Å². The fraction of sp³-hybridized carbons (Fsp3) is 0.316. The normalized spacial score (nSPS) is 17.1. The van der Waals surface area contributed by atoms with E-state index in [2.05, 4.69) is 14.8 Å². The smallest absolute Gasteiger partial charge is 0.387 e. The van der Waals surface area contributed by atoms with E-state index in [0.29, 0.717) is 35.2 Å². The van der Waals surface area contributed by atoms with Crippen LogP contribution in [0, 0.1) is 11.7 Å². The minimum Gasteiger partial charge on any atom is -0.432 e. The van der Waals surface area contributed by atoms with Crippen LogP contribution >= 0.6 is 0 Å². The maximum absolute atomic E-state index is 13.7. The summed E-state index contributed by atoms with van der Waals surface area (Å²) in [5, 5.41) is 4.32. The summed E-state index contributed by atoms with van der Waals surface area (Å²) >= 11 is 0. The number of carbonyl (C=O) groups is 1. The second-order valence-electron chi connectivity index (χ2n) is 6.72. The maximum atomic E-state index is 13.7. The van der Waals surface area contributed by atoms with Gasteiger partial charge in [-0.25, -0.2) is 4.39 Å². The average molecular weight is 390 g/mol. The van der Waals surface area contributed by atoms with Gasteiger partial charge < -0.3 is 9.64 Å². The Morgan fingerprint density at radius 3 is 2.79 bits per heavy atom. The predicted octanol–water partition coefficient (Wildman–Crippen LogP) is 3.32. The molecule has 1 saturated heterocycles. The topological polar surface area (TPSA) is 60.3 Å². The van der Waals surface area contributed by atoms with Gasteiger partial charge in [-0.3, -0.25) is 14.5 Å². The SMILES string of the molecule is CN1CCC(Cn2ncc3ncc(-c4ccc(F)c(OC(F)F)c4)cc32)C1=O. The van der Waals surface area contributed by atoms with Crippen molar-refractivity contribution < 1.29 is 22.7 Å². The second-order valence-corrected chi connectivity index (χ2v) is 6.72. The van der Waals surface area contributed by atoms with Crippen molar-refractivity contribution in [3.05, 3.63) is 42.5 Å². The maximum Gasteiger partial charge on any atom is 0.387 e. The molecule has 0 saturated carbocycles. The molecule has 1 unspecified atom stereocenters. The van der Waals surface area contributed by atoms with E-state index in [0.717, 1.165) is 12.5 Å². The molecule has 3 heterocycles. The van der Waals surface area contributed by atoms with Gasteiger partial charge in [0.25, 0.3) is 0 Å². The fourth-order valence-corrected chi connectivity index (χ4v) is 3.40. The fourth-order valence-electron chi connectivity index (χ4n) is 3.40. The molecule has 1 amide bonds.